The minimum Gasteiger partial charge on any atom is -0.409 e. The molecule has 0 aromatic heterocycles. The first kappa shape index (κ1) is 17.3. The lowest BCUT2D eigenvalue weighted by molar-refractivity contribution is -0.138. The zero-order chi connectivity index (χ0) is 16.2. The molecular formula is C12H13BrF3N3O2. The summed E-state index contributed by atoms with van der Waals surface area (Å²) in [6, 6.07) is 3.31. The van der Waals surface area contributed by atoms with Crippen LogP contribution in [-0.2, 0) is 11.0 Å². The minimum absolute atomic E-state index is 0.0280. The number of nitrogens with one attached hydrogen (secondary N) is 1. The van der Waals surface area contributed by atoms with E-state index in [4.69, 9.17) is 10.9 Å². The summed E-state index contributed by atoms with van der Waals surface area (Å²) in [6.45, 7) is 1.63. The second kappa shape index (κ2) is 6.79. The van der Waals surface area contributed by atoms with Gasteiger partial charge in [0.1, 0.15) is 0 Å². The molecular weight excluding hydrogens is 355 g/mol. The van der Waals surface area contributed by atoms with Crippen LogP contribution in [0.3, 0.4) is 0 Å². The number of benzene rings is 1. The van der Waals surface area contributed by atoms with Crippen LogP contribution in [0.5, 0.6) is 0 Å². The van der Waals surface area contributed by atoms with Gasteiger partial charge >= 0.3 is 6.18 Å². The Labute approximate surface area is 127 Å². The molecule has 1 aromatic rings. The van der Waals surface area contributed by atoms with Crippen molar-refractivity contribution in [2.45, 2.75) is 19.5 Å². The summed E-state index contributed by atoms with van der Waals surface area (Å²) in [4.78, 5) is 11.9. The molecule has 116 valence electrons. The first-order valence-corrected chi connectivity index (χ1v) is 6.65. The molecule has 0 heterocycles. The largest absolute Gasteiger partial charge is 0.417 e. The van der Waals surface area contributed by atoms with Gasteiger partial charge in [-0.05, 0) is 24.6 Å². The predicted octanol–water partition coefficient (Wildman–Crippen LogP) is 3.18. The van der Waals surface area contributed by atoms with Gasteiger partial charge in [-0.2, -0.15) is 13.2 Å². The number of hydrogen-bond acceptors (Lipinski definition) is 3. The second-order valence-corrected chi connectivity index (χ2v) is 5.02. The van der Waals surface area contributed by atoms with Gasteiger partial charge in [0.25, 0.3) is 0 Å². The van der Waals surface area contributed by atoms with Crippen LogP contribution < -0.4 is 11.1 Å². The maximum absolute atomic E-state index is 12.8. The molecule has 0 aliphatic carbocycles. The van der Waals surface area contributed by atoms with E-state index in [1.165, 1.54) is 12.1 Å². The van der Waals surface area contributed by atoms with Gasteiger partial charge in [-0.25, -0.2) is 0 Å². The third kappa shape index (κ3) is 4.35. The number of carbonyl (C=O) groups is 1. The summed E-state index contributed by atoms with van der Waals surface area (Å²) in [5.41, 5.74) is 4.42. The van der Waals surface area contributed by atoms with Crippen LogP contribution in [0.15, 0.2) is 27.8 Å². The topological polar surface area (TPSA) is 87.7 Å². The molecule has 21 heavy (non-hydrogen) atoms. The van der Waals surface area contributed by atoms with Gasteiger partial charge in [-0.1, -0.05) is 28.0 Å². The summed E-state index contributed by atoms with van der Waals surface area (Å²) in [5, 5.41) is 13.6. The Balaban J connectivity index is 3.01. The van der Waals surface area contributed by atoms with E-state index in [9.17, 15) is 18.0 Å². The van der Waals surface area contributed by atoms with Crippen molar-refractivity contribution in [3.63, 3.8) is 0 Å². The molecule has 0 aliphatic rings. The predicted molar refractivity (Wildman–Crippen MR) is 75.0 cm³/mol. The standard InChI is InChI=1S/C12H13BrF3N3O2/c1-2-7(10(17)19-21)11(20)18-6-3-4-9(13)8(5-6)12(14,15)16/h3-5,7,21H,2H2,1H3,(H2,17,19)(H,18,20). The van der Waals surface area contributed by atoms with Crippen molar-refractivity contribution in [2.24, 2.45) is 16.8 Å². The monoisotopic (exact) mass is 367 g/mol. The lowest BCUT2D eigenvalue weighted by Gasteiger charge is -2.15. The van der Waals surface area contributed by atoms with E-state index in [0.29, 0.717) is 0 Å². The van der Waals surface area contributed by atoms with E-state index in [1.54, 1.807) is 6.92 Å². The van der Waals surface area contributed by atoms with Crippen molar-refractivity contribution < 1.29 is 23.2 Å². The van der Waals surface area contributed by atoms with E-state index in [0.717, 1.165) is 6.07 Å². The highest BCUT2D eigenvalue weighted by atomic mass is 79.9. The zero-order valence-corrected chi connectivity index (χ0v) is 12.5. The highest BCUT2D eigenvalue weighted by molar-refractivity contribution is 9.10. The first-order valence-electron chi connectivity index (χ1n) is 5.85. The Morgan fingerprint density at radius 3 is 2.62 bits per heavy atom. The van der Waals surface area contributed by atoms with Gasteiger partial charge in [0.05, 0.1) is 11.5 Å². The molecule has 1 atom stereocenters. The maximum Gasteiger partial charge on any atom is 0.417 e. The number of nitrogens with zero attached hydrogens (tertiary/aromatic N) is 1. The average Bonchev–Trinajstić information content (AvgIpc) is 2.40. The van der Waals surface area contributed by atoms with E-state index >= 15 is 0 Å². The van der Waals surface area contributed by atoms with Crippen molar-refractivity contribution in [1.29, 1.82) is 0 Å². The number of oxime groups is 1. The molecule has 0 saturated carbocycles. The Morgan fingerprint density at radius 1 is 1.52 bits per heavy atom. The highest BCUT2D eigenvalue weighted by Crippen LogP contribution is 2.36. The molecule has 1 amide bonds. The fourth-order valence-corrected chi connectivity index (χ4v) is 2.12. The molecule has 9 heteroatoms. The average molecular weight is 368 g/mol. The lowest BCUT2D eigenvalue weighted by Crippen LogP contribution is -2.34. The quantitative estimate of drug-likeness (QED) is 0.330. The number of halogens is 4. The molecule has 0 spiro atoms. The van der Waals surface area contributed by atoms with Crippen LogP contribution >= 0.6 is 15.9 Å². The van der Waals surface area contributed by atoms with E-state index in [-0.39, 0.29) is 22.4 Å². The SMILES string of the molecule is CCC(C(=O)Nc1ccc(Br)c(C(F)(F)F)c1)C(N)=NO. The number of nitrogens with two attached hydrogens (primary N) is 1. The third-order valence-corrected chi connectivity index (χ3v) is 3.43. The van der Waals surface area contributed by atoms with Crippen LogP contribution in [-0.4, -0.2) is 17.0 Å². The number of alkyl halides is 3. The Hall–Kier alpha value is -1.77. The Kier molecular flexibility index (Phi) is 5.59. The van der Waals surface area contributed by atoms with Crippen LogP contribution in [0, 0.1) is 5.92 Å². The Bertz CT molecular complexity index is 561. The molecule has 4 N–H and O–H groups in total. The summed E-state index contributed by atoms with van der Waals surface area (Å²) < 4.78 is 38.1. The van der Waals surface area contributed by atoms with Crippen LogP contribution in [0.25, 0.3) is 0 Å². The van der Waals surface area contributed by atoms with Crippen LogP contribution in [0.4, 0.5) is 18.9 Å². The number of carbonyl (C=O) groups excluding carboxylic acids is 1. The summed E-state index contributed by atoms with van der Waals surface area (Å²) in [7, 11) is 0. The molecule has 0 saturated heterocycles. The summed E-state index contributed by atoms with van der Waals surface area (Å²) in [5.74, 6) is -1.88. The van der Waals surface area contributed by atoms with Crippen LogP contribution in [0.1, 0.15) is 18.9 Å². The van der Waals surface area contributed by atoms with Gasteiger partial charge in [-0.15, -0.1) is 0 Å². The number of amides is 1. The van der Waals surface area contributed by atoms with Gasteiger partial charge < -0.3 is 16.3 Å². The summed E-state index contributed by atoms with van der Waals surface area (Å²) in [6.07, 6.45) is -4.31. The third-order valence-electron chi connectivity index (χ3n) is 2.74. The number of rotatable bonds is 4. The smallest absolute Gasteiger partial charge is 0.409 e. The molecule has 0 aliphatic heterocycles. The number of hydrogen-bond donors (Lipinski definition) is 3. The molecule has 5 nitrogen and oxygen atoms in total. The summed E-state index contributed by atoms with van der Waals surface area (Å²) >= 11 is 2.80. The van der Waals surface area contributed by atoms with Crippen molar-refractivity contribution in [1.82, 2.24) is 0 Å². The minimum atomic E-state index is -4.55. The van der Waals surface area contributed by atoms with E-state index < -0.39 is 23.6 Å². The van der Waals surface area contributed by atoms with E-state index in [1.807, 2.05) is 0 Å². The fourth-order valence-electron chi connectivity index (χ4n) is 1.65. The number of anilines is 1. The van der Waals surface area contributed by atoms with Crippen molar-refractivity contribution in [3.05, 3.63) is 28.2 Å². The van der Waals surface area contributed by atoms with Crippen molar-refractivity contribution in [2.75, 3.05) is 5.32 Å². The van der Waals surface area contributed by atoms with E-state index in [2.05, 4.69) is 26.4 Å². The lowest BCUT2D eigenvalue weighted by atomic mass is 10.0. The molecule has 0 fully saturated rings. The fraction of sp³-hybridized carbons (Fsp3) is 0.333. The van der Waals surface area contributed by atoms with Gasteiger partial charge in [-0.3, -0.25) is 4.79 Å². The molecule has 1 aromatic carbocycles. The Morgan fingerprint density at radius 2 is 2.14 bits per heavy atom. The van der Waals surface area contributed by atoms with Gasteiger partial charge in [0, 0.05) is 10.2 Å². The number of amidine groups is 1. The van der Waals surface area contributed by atoms with Crippen molar-refractivity contribution >= 4 is 33.4 Å². The first-order chi connectivity index (χ1) is 9.70. The zero-order valence-electron chi connectivity index (χ0n) is 10.9. The highest BCUT2D eigenvalue weighted by Gasteiger charge is 2.33. The molecule has 0 bridgehead atoms. The second-order valence-electron chi connectivity index (χ2n) is 4.17. The molecule has 0 radical (unpaired) electrons. The van der Waals surface area contributed by atoms with Gasteiger partial charge in [0.2, 0.25) is 5.91 Å². The molecule has 1 unspecified atom stereocenters. The maximum atomic E-state index is 12.8. The van der Waals surface area contributed by atoms with Crippen molar-refractivity contribution in [3.8, 4) is 0 Å². The van der Waals surface area contributed by atoms with Crippen LogP contribution in [0.2, 0.25) is 0 Å². The normalized spacial score (nSPS) is 13.9. The molecule has 1 rings (SSSR count). The van der Waals surface area contributed by atoms with Gasteiger partial charge in [0.15, 0.2) is 5.84 Å².